The molecule has 2 atom stereocenters. The van der Waals surface area contributed by atoms with Gasteiger partial charge < -0.3 is 20.5 Å². The number of fused-ring (bicyclic) bond motifs is 1. The summed E-state index contributed by atoms with van der Waals surface area (Å²) in [6.07, 6.45) is 1.60. The molecule has 1 aliphatic rings. The van der Waals surface area contributed by atoms with Crippen LogP contribution in [0.2, 0.25) is 0 Å². The SMILES string of the molecule is CC(C)Oc1ccc(C(=O)NCC(O)C2Cc3ccccc3CN2)cn1. The van der Waals surface area contributed by atoms with Crippen molar-refractivity contribution in [2.75, 3.05) is 6.54 Å². The highest BCUT2D eigenvalue weighted by molar-refractivity contribution is 5.93. The summed E-state index contributed by atoms with van der Waals surface area (Å²) in [5, 5.41) is 16.5. The van der Waals surface area contributed by atoms with E-state index in [0.29, 0.717) is 11.4 Å². The van der Waals surface area contributed by atoms with E-state index < -0.39 is 6.10 Å². The monoisotopic (exact) mass is 355 g/mol. The molecule has 6 nitrogen and oxygen atoms in total. The number of hydrogen-bond acceptors (Lipinski definition) is 5. The zero-order valence-electron chi connectivity index (χ0n) is 15.1. The molecule has 1 aromatic heterocycles. The van der Waals surface area contributed by atoms with Gasteiger partial charge in [0.2, 0.25) is 5.88 Å². The van der Waals surface area contributed by atoms with Crippen LogP contribution < -0.4 is 15.4 Å². The summed E-state index contributed by atoms with van der Waals surface area (Å²) in [5.74, 6) is 0.227. The molecule has 1 aromatic carbocycles. The topological polar surface area (TPSA) is 83.5 Å². The number of nitrogens with zero attached hydrogens (tertiary/aromatic N) is 1. The summed E-state index contributed by atoms with van der Waals surface area (Å²) in [7, 11) is 0. The fraction of sp³-hybridized carbons (Fsp3) is 0.400. The second kappa shape index (κ2) is 8.29. The Bertz CT molecular complexity index is 746. The number of carbonyl (C=O) groups is 1. The van der Waals surface area contributed by atoms with E-state index in [0.717, 1.165) is 13.0 Å². The van der Waals surface area contributed by atoms with E-state index in [1.807, 2.05) is 26.0 Å². The molecule has 2 aromatic rings. The number of aliphatic hydroxyl groups excluding tert-OH is 1. The Balaban J connectivity index is 1.51. The third-order valence-electron chi connectivity index (χ3n) is 4.40. The van der Waals surface area contributed by atoms with Crippen LogP contribution in [0.25, 0.3) is 0 Å². The molecule has 1 amide bonds. The van der Waals surface area contributed by atoms with Gasteiger partial charge in [0.15, 0.2) is 0 Å². The van der Waals surface area contributed by atoms with Crippen LogP contribution in [0.1, 0.15) is 35.3 Å². The van der Waals surface area contributed by atoms with Crippen LogP contribution in [-0.2, 0) is 13.0 Å². The first-order chi connectivity index (χ1) is 12.5. The van der Waals surface area contributed by atoms with E-state index in [1.54, 1.807) is 12.1 Å². The van der Waals surface area contributed by atoms with Gasteiger partial charge in [0.25, 0.3) is 5.91 Å². The fourth-order valence-electron chi connectivity index (χ4n) is 3.02. The van der Waals surface area contributed by atoms with E-state index in [2.05, 4.69) is 27.8 Å². The van der Waals surface area contributed by atoms with E-state index in [9.17, 15) is 9.90 Å². The van der Waals surface area contributed by atoms with Crippen molar-refractivity contribution in [3.63, 3.8) is 0 Å². The molecular weight excluding hydrogens is 330 g/mol. The highest BCUT2D eigenvalue weighted by Gasteiger charge is 2.24. The summed E-state index contributed by atoms with van der Waals surface area (Å²) in [6, 6.07) is 11.5. The van der Waals surface area contributed by atoms with Gasteiger partial charge in [-0.1, -0.05) is 24.3 Å². The molecule has 2 unspecified atom stereocenters. The van der Waals surface area contributed by atoms with Crippen LogP contribution in [0.5, 0.6) is 5.88 Å². The number of aromatic nitrogens is 1. The van der Waals surface area contributed by atoms with Crippen molar-refractivity contribution in [2.24, 2.45) is 0 Å². The predicted octanol–water partition coefficient (Wildman–Crippen LogP) is 1.67. The smallest absolute Gasteiger partial charge is 0.252 e. The lowest BCUT2D eigenvalue weighted by Gasteiger charge is -2.30. The summed E-state index contributed by atoms with van der Waals surface area (Å²) >= 11 is 0. The Morgan fingerprint density at radius 1 is 1.31 bits per heavy atom. The van der Waals surface area contributed by atoms with Crippen LogP contribution in [-0.4, -0.2) is 40.8 Å². The molecule has 6 heteroatoms. The van der Waals surface area contributed by atoms with E-state index >= 15 is 0 Å². The maximum atomic E-state index is 12.2. The van der Waals surface area contributed by atoms with Gasteiger partial charge >= 0.3 is 0 Å². The van der Waals surface area contributed by atoms with Crippen LogP contribution in [0.4, 0.5) is 0 Å². The zero-order chi connectivity index (χ0) is 18.5. The zero-order valence-corrected chi connectivity index (χ0v) is 15.1. The number of benzene rings is 1. The maximum Gasteiger partial charge on any atom is 0.252 e. The van der Waals surface area contributed by atoms with Crippen LogP contribution in [0.15, 0.2) is 42.6 Å². The minimum atomic E-state index is -0.663. The van der Waals surface area contributed by atoms with Gasteiger partial charge in [-0.05, 0) is 37.5 Å². The molecule has 0 aliphatic carbocycles. The molecule has 0 saturated heterocycles. The number of hydrogen-bond donors (Lipinski definition) is 3. The van der Waals surface area contributed by atoms with Gasteiger partial charge in [0.1, 0.15) is 0 Å². The Hall–Kier alpha value is -2.44. The quantitative estimate of drug-likeness (QED) is 0.734. The Kier molecular flexibility index (Phi) is 5.85. The second-order valence-corrected chi connectivity index (χ2v) is 6.79. The number of aliphatic hydroxyl groups is 1. The Labute approximate surface area is 153 Å². The molecule has 0 radical (unpaired) electrons. The molecule has 0 saturated carbocycles. The summed E-state index contributed by atoms with van der Waals surface area (Å²) in [5.41, 5.74) is 2.94. The van der Waals surface area contributed by atoms with Gasteiger partial charge in [-0.2, -0.15) is 0 Å². The molecule has 0 spiro atoms. The van der Waals surface area contributed by atoms with Gasteiger partial charge in [0, 0.05) is 31.4 Å². The molecule has 138 valence electrons. The van der Waals surface area contributed by atoms with Crippen molar-refractivity contribution in [1.82, 2.24) is 15.6 Å². The average Bonchev–Trinajstić information content (AvgIpc) is 2.65. The molecular formula is C20H25N3O3. The number of pyridine rings is 1. The minimum absolute atomic E-state index is 0.0328. The van der Waals surface area contributed by atoms with Crippen molar-refractivity contribution in [3.05, 3.63) is 59.3 Å². The standard InChI is InChI=1S/C20H25N3O3/c1-13(2)26-19-8-7-16(11-22-19)20(25)23-12-18(24)17-9-14-5-3-4-6-15(14)10-21-17/h3-8,11,13,17-18,21,24H,9-10,12H2,1-2H3,(H,23,25). The maximum absolute atomic E-state index is 12.2. The van der Waals surface area contributed by atoms with E-state index in [4.69, 9.17) is 4.74 Å². The van der Waals surface area contributed by atoms with Gasteiger partial charge in [-0.25, -0.2) is 4.98 Å². The van der Waals surface area contributed by atoms with Crippen molar-refractivity contribution < 1.29 is 14.6 Å². The largest absolute Gasteiger partial charge is 0.475 e. The molecule has 0 bridgehead atoms. The molecule has 1 aliphatic heterocycles. The van der Waals surface area contributed by atoms with E-state index in [1.165, 1.54) is 17.3 Å². The first kappa shape index (κ1) is 18.4. The molecule has 0 fully saturated rings. The van der Waals surface area contributed by atoms with Crippen molar-refractivity contribution in [1.29, 1.82) is 0 Å². The molecule has 3 rings (SSSR count). The minimum Gasteiger partial charge on any atom is -0.475 e. The average molecular weight is 355 g/mol. The number of ether oxygens (including phenoxy) is 1. The second-order valence-electron chi connectivity index (χ2n) is 6.79. The number of amides is 1. The van der Waals surface area contributed by atoms with Crippen LogP contribution in [0.3, 0.4) is 0 Å². The van der Waals surface area contributed by atoms with Gasteiger partial charge in [-0.3, -0.25) is 4.79 Å². The van der Waals surface area contributed by atoms with Gasteiger partial charge in [0.05, 0.1) is 17.8 Å². The van der Waals surface area contributed by atoms with Crippen molar-refractivity contribution in [2.45, 2.75) is 45.1 Å². The lowest BCUT2D eigenvalue weighted by molar-refractivity contribution is 0.0869. The fourth-order valence-corrected chi connectivity index (χ4v) is 3.02. The Morgan fingerprint density at radius 2 is 2.08 bits per heavy atom. The highest BCUT2D eigenvalue weighted by Crippen LogP contribution is 2.17. The van der Waals surface area contributed by atoms with Crippen LogP contribution >= 0.6 is 0 Å². The molecule has 3 N–H and O–H groups in total. The first-order valence-corrected chi connectivity index (χ1v) is 8.92. The highest BCUT2D eigenvalue weighted by atomic mass is 16.5. The normalized spacial score (nSPS) is 17.5. The molecule has 26 heavy (non-hydrogen) atoms. The number of nitrogens with one attached hydrogen (secondary N) is 2. The number of rotatable bonds is 6. The van der Waals surface area contributed by atoms with Crippen LogP contribution in [0, 0.1) is 0 Å². The van der Waals surface area contributed by atoms with E-state index in [-0.39, 0.29) is 24.6 Å². The number of carbonyl (C=O) groups excluding carboxylic acids is 1. The first-order valence-electron chi connectivity index (χ1n) is 8.92. The third-order valence-corrected chi connectivity index (χ3v) is 4.40. The van der Waals surface area contributed by atoms with Crippen molar-refractivity contribution >= 4 is 5.91 Å². The summed E-state index contributed by atoms with van der Waals surface area (Å²) in [6.45, 7) is 4.75. The Morgan fingerprint density at radius 3 is 2.77 bits per heavy atom. The summed E-state index contributed by atoms with van der Waals surface area (Å²) < 4.78 is 5.46. The predicted molar refractivity (Wildman–Crippen MR) is 99.1 cm³/mol. The van der Waals surface area contributed by atoms with Gasteiger partial charge in [-0.15, -0.1) is 0 Å². The lowest BCUT2D eigenvalue weighted by atomic mass is 9.93. The third kappa shape index (κ3) is 4.59. The molecule has 2 heterocycles. The van der Waals surface area contributed by atoms with Crippen molar-refractivity contribution in [3.8, 4) is 5.88 Å². The lowest BCUT2D eigenvalue weighted by Crippen LogP contribution is -2.49. The summed E-state index contributed by atoms with van der Waals surface area (Å²) in [4.78, 5) is 16.4.